The summed E-state index contributed by atoms with van der Waals surface area (Å²) in [4.78, 5) is 12.1. The third kappa shape index (κ3) is 1.87. The molecule has 0 fully saturated rings. The maximum Gasteiger partial charge on any atom is 0.384 e. The van der Waals surface area contributed by atoms with Gasteiger partial charge >= 0.3 is 18.3 Å². The Bertz CT molecular complexity index is 447. The maximum absolute atomic E-state index is 12.9. The van der Waals surface area contributed by atoms with Gasteiger partial charge in [0.05, 0.1) is 0 Å². The lowest BCUT2D eigenvalue weighted by Gasteiger charge is -2.22. The van der Waals surface area contributed by atoms with Gasteiger partial charge in [-0.3, -0.25) is 4.79 Å². The van der Waals surface area contributed by atoms with Crippen LogP contribution in [0.2, 0.25) is 0 Å². The Kier molecular flexibility index (Phi) is 2.81. The molecular weight excluding hydrogens is 238 g/mol. The molecule has 0 atom stereocenters. The highest BCUT2D eigenvalue weighted by Crippen LogP contribution is 2.33. The number of halogens is 4. The summed E-state index contributed by atoms with van der Waals surface area (Å²) < 4.78 is 50.1. The van der Waals surface area contributed by atoms with Crippen LogP contribution < -0.4 is 4.90 Å². The zero-order valence-corrected chi connectivity index (χ0v) is 8.67. The van der Waals surface area contributed by atoms with Gasteiger partial charge in [-0.2, -0.15) is 8.78 Å². The van der Waals surface area contributed by atoms with Crippen molar-refractivity contribution in [3.05, 3.63) is 29.8 Å². The predicted octanol–water partition coefficient (Wildman–Crippen LogP) is 2.48. The second-order valence-electron chi connectivity index (χ2n) is 3.76. The van der Waals surface area contributed by atoms with Crippen LogP contribution in [-0.2, 0) is 11.2 Å². The van der Waals surface area contributed by atoms with E-state index in [4.69, 9.17) is 0 Å². The number of nitrogens with zero attached hydrogens (tertiary/aromatic N) is 1. The van der Waals surface area contributed by atoms with Gasteiger partial charge in [-0.15, -0.1) is 0 Å². The van der Waals surface area contributed by atoms with Crippen LogP contribution in [0.15, 0.2) is 24.3 Å². The molecule has 1 amide bonds. The topological polar surface area (TPSA) is 20.3 Å². The van der Waals surface area contributed by atoms with Gasteiger partial charge in [0.15, 0.2) is 0 Å². The molecule has 0 saturated heterocycles. The first-order valence-corrected chi connectivity index (χ1v) is 5.00. The molecule has 0 bridgehead atoms. The molecule has 0 aromatic heterocycles. The first-order valence-electron chi connectivity index (χ1n) is 5.00. The molecule has 2 nitrogen and oxygen atoms in total. The van der Waals surface area contributed by atoms with Crippen LogP contribution >= 0.6 is 0 Å². The third-order valence-corrected chi connectivity index (χ3v) is 2.69. The summed E-state index contributed by atoms with van der Waals surface area (Å²) in [6, 6.07) is 6.44. The highest BCUT2D eigenvalue weighted by Gasteiger charge is 2.52. The fourth-order valence-electron chi connectivity index (χ4n) is 1.82. The summed E-state index contributed by atoms with van der Waals surface area (Å²) in [5.41, 5.74) is 1.00. The Hall–Kier alpha value is -1.59. The molecule has 0 spiro atoms. The molecule has 0 N–H and O–H groups in total. The van der Waals surface area contributed by atoms with Crippen molar-refractivity contribution in [3.63, 3.8) is 0 Å². The smallest absolute Gasteiger partial charge is 0.306 e. The quantitative estimate of drug-likeness (QED) is 0.735. The van der Waals surface area contributed by atoms with E-state index in [-0.39, 0.29) is 12.2 Å². The van der Waals surface area contributed by atoms with Gasteiger partial charge in [-0.05, 0) is 18.1 Å². The Morgan fingerprint density at radius 1 is 1.29 bits per heavy atom. The lowest BCUT2D eigenvalue weighted by Crippen LogP contribution is -2.47. The van der Waals surface area contributed by atoms with Crippen LogP contribution in [0, 0.1) is 0 Å². The zero-order valence-electron chi connectivity index (χ0n) is 8.67. The highest BCUT2D eigenvalue weighted by molar-refractivity contribution is 6.00. The van der Waals surface area contributed by atoms with Crippen molar-refractivity contribution >= 4 is 11.6 Å². The summed E-state index contributed by atoms with van der Waals surface area (Å²) in [6.45, 7) is 0.0144. The normalized spacial score (nSPS) is 15.2. The van der Waals surface area contributed by atoms with Gasteiger partial charge in [-0.1, -0.05) is 18.2 Å². The minimum atomic E-state index is -4.63. The molecule has 6 heteroatoms. The number of para-hydroxylation sites is 1. The summed E-state index contributed by atoms with van der Waals surface area (Å²) >= 11 is 0. The first kappa shape index (κ1) is 11.9. The van der Waals surface area contributed by atoms with E-state index in [9.17, 15) is 22.4 Å². The van der Waals surface area contributed by atoms with E-state index in [1.807, 2.05) is 0 Å². The van der Waals surface area contributed by atoms with Gasteiger partial charge in [0.25, 0.3) is 0 Å². The monoisotopic (exact) mass is 247 g/mol. The molecule has 1 aliphatic heterocycles. The number of hydrogen-bond acceptors (Lipinski definition) is 1. The number of carbonyl (C=O) groups excluding carboxylic acids is 1. The SMILES string of the molecule is O=C(N1CCc2ccccc21)C(F)(F)C(F)F. The van der Waals surface area contributed by atoms with Crippen LogP contribution in [-0.4, -0.2) is 24.8 Å². The Balaban J connectivity index is 2.30. The number of carbonyl (C=O) groups is 1. The number of rotatable bonds is 2. The van der Waals surface area contributed by atoms with Gasteiger partial charge in [0.1, 0.15) is 0 Å². The molecule has 0 radical (unpaired) electrons. The van der Waals surface area contributed by atoms with Gasteiger partial charge in [0, 0.05) is 12.2 Å². The lowest BCUT2D eigenvalue weighted by atomic mass is 10.2. The minimum absolute atomic E-state index is 0.0144. The van der Waals surface area contributed by atoms with Crippen molar-refractivity contribution in [1.82, 2.24) is 0 Å². The summed E-state index contributed by atoms with van der Waals surface area (Å²) in [5, 5.41) is 0. The fourth-order valence-corrected chi connectivity index (χ4v) is 1.82. The van der Waals surface area contributed by atoms with Crippen LogP contribution in [0.4, 0.5) is 23.2 Å². The molecule has 1 aromatic rings. The molecule has 0 unspecified atom stereocenters. The third-order valence-electron chi connectivity index (χ3n) is 2.69. The van der Waals surface area contributed by atoms with E-state index in [1.165, 1.54) is 6.07 Å². The standard InChI is InChI=1S/C11H9F4NO/c12-9(13)11(14,15)10(17)16-6-5-7-3-1-2-4-8(7)16/h1-4,9H,5-6H2. The van der Waals surface area contributed by atoms with Crippen LogP contribution in [0.3, 0.4) is 0 Å². The lowest BCUT2D eigenvalue weighted by molar-refractivity contribution is -0.166. The van der Waals surface area contributed by atoms with Crippen molar-refractivity contribution in [3.8, 4) is 0 Å². The number of amides is 1. The predicted molar refractivity (Wildman–Crippen MR) is 53.5 cm³/mol. The Morgan fingerprint density at radius 3 is 2.59 bits per heavy atom. The van der Waals surface area contributed by atoms with E-state index in [1.54, 1.807) is 18.2 Å². The number of benzene rings is 1. The van der Waals surface area contributed by atoms with E-state index < -0.39 is 18.3 Å². The van der Waals surface area contributed by atoms with Crippen molar-refractivity contribution in [1.29, 1.82) is 0 Å². The average molecular weight is 247 g/mol. The number of alkyl halides is 4. The molecule has 0 saturated carbocycles. The molecule has 1 heterocycles. The number of anilines is 1. The van der Waals surface area contributed by atoms with Crippen LogP contribution in [0.25, 0.3) is 0 Å². The molecule has 17 heavy (non-hydrogen) atoms. The Morgan fingerprint density at radius 2 is 1.94 bits per heavy atom. The van der Waals surface area contributed by atoms with Gasteiger partial charge < -0.3 is 4.90 Å². The van der Waals surface area contributed by atoms with E-state index in [2.05, 4.69) is 0 Å². The number of hydrogen-bond donors (Lipinski definition) is 0. The van der Waals surface area contributed by atoms with Gasteiger partial charge in [0.2, 0.25) is 0 Å². The van der Waals surface area contributed by atoms with Crippen LogP contribution in [0.5, 0.6) is 0 Å². The highest BCUT2D eigenvalue weighted by atomic mass is 19.3. The molecule has 2 rings (SSSR count). The Labute approximate surface area is 94.8 Å². The van der Waals surface area contributed by atoms with Crippen molar-refractivity contribution in [2.45, 2.75) is 18.8 Å². The first-order chi connectivity index (χ1) is 7.94. The van der Waals surface area contributed by atoms with Crippen molar-refractivity contribution in [2.75, 3.05) is 11.4 Å². The van der Waals surface area contributed by atoms with E-state index >= 15 is 0 Å². The van der Waals surface area contributed by atoms with Crippen molar-refractivity contribution in [2.24, 2.45) is 0 Å². The maximum atomic E-state index is 12.9. The second kappa shape index (κ2) is 4.01. The summed E-state index contributed by atoms with van der Waals surface area (Å²) in [6.07, 6.45) is -3.58. The summed E-state index contributed by atoms with van der Waals surface area (Å²) in [7, 11) is 0. The summed E-state index contributed by atoms with van der Waals surface area (Å²) in [5.74, 6) is -6.46. The van der Waals surface area contributed by atoms with Gasteiger partial charge in [-0.25, -0.2) is 8.78 Å². The minimum Gasteiger partial charge on any atom is -0.306 e. The molecule has 1 aliphatic rings. The van der Waals surface area contributed by atoms with Crippen molar-refractivity contribution < 1.29 is 22.4 Å². The second-order valence-corrected chi connectivity index (χ2v) is 3.76. The molecule has 1 aromatic carbocycles. The van der Waals surface area contributed by atoms with E-state index in [0.29, 0.717) is 12.0 Å². The fraction of sp³-hybridized carbons (Fsp3) is 0.364. The van der Waals surface area contributed by atoms with E-state index in [0.717, 1.165) is 4.90 Å². The number of fused-ring (bicyclic) bond motifs is 1. The molecular formula is C11H9F4NO. The zero-order chi connectivity index (χ0) is 12.6. The largest absolute Gasteiger partial charge is 0.384 e. The molecule has 0 aliphatic carbocycles. The molecule has 92 valence electrons. The van der Waals surface area contributed by atoms with Crippen LogP contribution in [0.1, 0.15) is 5.56 Å². The average Bonchev–Trinajstić information content (AvgIpc) is 2.71.